The van der Waals surface area contributed by atoms with Crippen molar-refractivity contribution < 1.29 is 4.79 Å². The number of nitrogens with one attached hydrogen (secondary N) is 1. The Kier molecular flexibility index (Phi) is 5.40. The van der Waals surface area contributed by atoms with Crippen LogP contribution in [0.1, 0.15) is 26.7 Å². The second-order valence-electron chi connectivity index (χ2n) is 4.07. The number of nitrogens with zero attached hydrogens (tertiary/aromatic N) is 1. The molecule has 0 atom stereocenters. The zero-order valence-electron chi connectivity index (χ0n) is 9.83. The Hall–Kier alpha value is -0.830. The molecule has 1 amide bonds. The highest BCUT2D eigenvalue weighted by atomic mass is 16.2. The molecule has 0 saturated carbocycles. The molecular weight excluding hydrogens is 188 g/mol. The van der Waals surface area contributed by atoms with E-state index in [1.807, 2.05) is 24.8 Å². The van der Waals surface area contributed by atoms with E-state index in [0.717, 1.165) is 26.2 Å². The van der Waals surface area contributed by atoms with Gasteiger partial charge in [-0.05, 0) is 51.8 Å². The van der Waals surface area contributed by atoms with E-state index in [-0.39, 0.29) is 5.91 Å². The molecule has 0 aromatic rings. The third kappa shape index (κ3) is 4.04. The van der Waals surface area contributed by atoms with Gasteiger partial charge in [-0.2, -0.15) is 0 Å². The molecule has 1 fully saturated rings. The van der Waals surface area contributed by atoms with Crippen molar-refractivity contribution in [1.29, 1.82) is 0 Å². The third-order valence-corrected chi connectivity index (χ3v) is 2.94. The van der Waals surface area contributed by atoms with E-state index in [1.54, 1.807) is 6.08 Å². The molecule has 0 radical (unpaired) electrons. The monoisotopic (exact) mass is 210 g/mol. The van der Waals surface area contributed by atoms with Crippen LogP contribution in [0.15, 0.2) is 12.2 Å². The van der Waals surface area contributed by atoms with Crippen molar-refractivity contribution in [1.82, 2.24) is 10.2 Å². The lowest BCUT2D eigenvalue weighted by Gasteiger charge is -2.28. The van der Waals surface area contributed by atoms with E-state index < -0.39 is 0 Å². The number of hydrogen-bond acceptors (Lipinski definition) is 2. The second-order valence-corrected chi connectivity index (χ2v) is 4.07. The lowest BCUT2D eigenvalue weighted by atomic mass is 9.97. The number of piperidine rings is 1. The van der Waals surface area contributed by atoms with Crippen molar-refractivity contribution in [2.45, 2.75) is 26.7 Å². The van der Waals surface area contributed by atoms with Crippen molar-refractivity contribution in [3.8, 4) is 0 Å². The van der Waals surface area contributed by atoms with E-state index in [1.165, 1.54) is 12.8 Å². The van der Waals surface area contributed by atoms with Gasteiger partial charge in [-0.1, -0.05) is 6.08 Å². The summed E-state index contributed by atoms with van der Waals surface area (Å²) in [6.07, 6.45) is 5.86. The average Bonchev–Trinajstić information content (AvgIpc) is 2.27. The quantitative estimate of drug-likeness (QED) is 0.712. The smallest absolute Gasteiger partial charge is 0.246 e. The number of hydrogen-bond donors (Lipinski definition) is 1. The highest BCUT2D eigenvalue weighted by Crippen LogP contribution is 2.13. The Morgan fingerprint density at radius 3 is 2.67 bits per heavy atom. The Labute approximate surface area is 92.5 Å². The van der Waals surface area contributed by atoms with Gasteiger partial charge >= 0.3 is 0 Å². The third-order valence-electron chi connectivity index (χ3n) is 2.94. The number of carbonyl (C=O) groups excluding carboxylic acids is 1. The van der Waals surface area contributed by atoms with Crippen LogP contribution in [0.4, 0.5) is 0 Å². The zero-order valence-corrected chi connectivity index (χ0v) is 9.83. The van der Waals surface area contributed by atoms with Gasteiger partial charge in [0.1, 0.15) is 0 Å². The molecule has 0 aromatic carbocycles. The first-order valence-corrected chi connectivity index (χ1v) is 5.90. The maximum absolute atomic E-state index is 11.7. The minimum atomic E-state index is 0.151. The van der Waals surface area contributed by atoms with Crippen LogP contribution in [0.3, 0.4) is 0 Å². The Balaban J connectivity index is 2.41. The second kappa shape index (κ2) is 6.62. The summed E-state index contributed by atoms with van der Waals surface area (Å²) < 4.78 is 0. The highest BCUT2D eigenvalue weighted by Gasteiger charge is 2.17. The largest absolute Gasteiger partial charge is 0.339 e. The molecule has 0 unspecified atom stereocenters. The predicted octanol–water partition coefficient (Wildman–Crippen LogP) is 1.41. The summed E-state index contributed by atoms with van der Waals surface area (Å²) in [7, 11) is 0. The van der Waals surface area contributed by atoms with E-state index >= 15 is 0 Å². The van der Waals surface area contributed by atoms with Crippen molar-refractivity contribution in [2.75, 3.05) is 26.2 Å². The molecule has 86 valence electrons. The van der Waals surface area contributed by atoms with Crippen LogP contribution in [-0.4, -0.2) is 37.0 Å². The maximum atomic E-state index is 11.7. The lowest BCUT2D eigenvalue weighted by Crippen LogP contribution is -2.38. The van der Waals surface area contributed by atoms with Crippen molar-refractivity contribution >= 4 is 5.91 Å². The van der Waals surface area contributed by atoms with Crippen LogP contribution in [0.2, 0.25) is 0 Å². The summed E-state index contributed by atoms with van der Waals surface area (Å²) in [6, 6.07) is 0. The molecular formula is C12H22N2O. The number of likely N-dealkylation sites (N-methyl/N-ethyl adjacent to an activating group) is 1. The van der Waals surface area contributed by atoms with Crippen LogP contribution >= 0.6 is 0 Å². The van der Waals surface area contributed by atoms with E-state index in [0.29, 0.717) is 5.92 Å². The van der Waals surface area contributed by atoms with Gasteiger partial charge in [0.2, 0.25) is 5.91 Å². The van der Waals surface area contributed by atoms with Gasteiger partial charge in [0.15, 0.2) is 0 Å². The van der Waals surface area contributed by atoms with Crippen LogP contribution in [0.5, 0.6) is 0 Å². The summed E-state index contributed by atoms with van der Waals surface area (Å²) >= 11 is 0. The fourth-order valence-corrected chi connectivity index (χ4v) is 2.00. The fraction of sp³-hybridized carbons (Fsp3) is 0.750. The minimum absolute atomic E-state index is 0.151. The molecule has 1 N–H and O–H groups in total. The SMILES string of the molecule is CC=CC(=O)N(CC)CC1CCNCC1. The molecule has 0 spiro atoms. The molecule has 0 bridgehead atoms. The maximum Gasteiger partial charge on any atom is 0.246 e. The normalized spacial score (nSPS) is 18.3. The van der Waals surface area contributed by atoms with Crippen LogP contribution < -0.4 is 5.32 Å². The molecule has 1 aliphatic heterocycles. The first-order chi connectivity index (χ1) is 7.27. The first kappa shape index (κ1) is 12.2. The van der Waals surface area contributed by atoms with Gasteiger partial charge < -0.3 is 10.2 Å². The van der Waals surface area contributed by atoms with Crippen molar-refractivity contribution in [2.24, 2.45) is 5.92 Å². The fourth-order valence-electron chi connectivity index (χ4n) is 2.00. The van der Waals surface area contributed by atoms with E-state index in [9.17, 15) is 4.79 Å². The van der Waals surface area contributed by atoms with E-state index in [4.69, 9.17) is 0 Å². The number of rotatable bonds is 4. The Bertz CT molecular complexity index is 220. The lowest BCUT2D eigenvalue weighted by molar-refractivity contribution is -0.126. The standard InChI is InChI=1S/C12H22N2O/c1-3-5-12(15)14(4-2)10-11-6-8-13-9-7-11/h3,5,11,13H,4,6-10H2,1-2H3. The number of allylic oxidation sites excluding steroid dienone is 1. The van der Waals surface area contributed by atoms with Crippen molar-refractivity contribution in [3.05, 3.63) is 12.2 Å². The molecule has 1 heterocycles. The molecule has 1 saturated heterocycles. The molecule has 1 aliphatic rings. The van der Waals surface area contributed by atoms with Crippen LogP contribution in [-0.2, 0) is 4.79 Å². The van der Waals surface area contributed by atoms with Gasteiger partial charge in [0.25, 0.3) is 0 Å². The first-order valence-electron chi connectivity index (χ1n) is 5.90. The van der Waals surface area contributed by atoms with Gasteiger partial charge in [0, 0.05) is 13.1 Å². The van der Waals surface area contributed by atoms with Crippen molar-refractivity contribution in [3.63, 3.8) is 0 Å². The Morgan fingerprint density at radius 1 is 1.47 bits per heavy atom. The van der Waals surface area contributed by atoms with Crippen LogP contribution in [0.25, 0.3) is 0 Å². The molecule has 1 rings (SSSR count). The summed E-state index contributed by atoms with van der Waals surface area (Å²) in [5, 5.41) is 3.34. The summed E-state index contributed by atoms with van der Waals surface area (Å²) in [4.78, 5) is 13.6. The molecule has 15 heavy (non-hydrogen) atoms. The molecule has 3 nitrogen and oxygen atoms in total. The highest BCUT2D eigenvalue weighted by molar-refractivity contribution is 5.87. The molecule has 0 aromatic heterocycles. The van der Waals surface area contributed by atoms with Gasteiger partial charge in [0.05, 0.1) is 0 Å². The van der Waals surface area contributed by atoms with Gasteiger partial charge in [-0.25, -0.2) is 0 Å². The molecule has 3 heteroatoms. The summed E-state index contributed by atoms with van der Waals surface area (Å²) in [5.41, 5.74) is 0. The van der Waals surface area contributed by atoms with Crippen LogP contribution in [0, 0.1) is 5.92 Å². The van der Waals surface area contributed by atoms with E-state index in [2.05, 4.69) is 5.32 Å². The zero-order chi connectivity index (χ0) is 11.1. The minimum Gasteiger partial charge on any atom is -0.339 e. The van der Waals surface area contributed by atoms with Gasteiger partial charge in [-0.3, -0.25) is 4.79 Å². The predicted molar refractivity (Wildman–Crippen MR) is 62.7 cm³/mol. The Morgan fingerprint density at radius 2 is 2.13 bits per heavy atom. The summed E-state index contributed by atoms with van der Waals surface area (Å²) in [5.74, 6) is 0.832. The average molecular weight is 210 g/mol. The van der Waals surface area contributed by atoms with Gasteiger partial charge in [-0.15, -0.1) is 0 Å². The topological polar surface area (TPSA) is 32.3 Å². The summed E-state index contributed by atoms with van der Waals surface area (Å²) in [6.45, 7) is 7.85. The number of carbonyl (C=O) groups is 1. The molecule has 0 aliphatic carbocycles. The number of amides is 1.